The minimum Gasteiger partial charge on any atom is -0.467 e. The summed E-state index contributed by atoms with van der Waals surface area (Å²) in [5.74, 6) is -1.04. The first-order chi connectivity index (χ1) is 7.47. The zero-order chi connectivity index (χ0) is 12.3. The van der Waals surface area contributed by atoms with E-state index < -0.39 is 18.2 Å². The SMILES string of the molecule is COC(=O)C(O)C(O)c1ccc(C(C)=O)s1. The first kappa shape index (κ1) is 12.8. The summed E-state index contributed by atoms with van der Waals surface area (Å²) >= 11 is 1.04. The summed E-state index contributed by atoms with van der Waals surface area (Å²) in [4.78, 5) is 22.8. The summed E-state index contributed by atoms with van der Waals surface area (Å²) < 4.78 is 4.30. The lowest BCUT2D eigenvalue weighted by atomic mass is 10.2. The fourth-order valence-corrected chi connectivity index (χ4v) is 2.03. The molecule has 6 heteroatoms. The summed E-state index contributed by atoms with van der Waals surface area (Å²) in [6.45, 7) is 1.40. The topological polar surface area (TPSA) is 83.8 Å². The molecule has 0 fully saturated rings. The van der Waals surface area contributed by atoms with Crippen molar-refractivity contribution in [2.45, 2.75) is 19.1 Å². The smallest absolute Gasteiger partial charge is 0.337 e. The molecule has 0 aliphatic heterocycles. The normalized spacial score (nSPS) is 14.2. The number of hydrogen-bond donors (Lipinski definition) is 2. The van der Waals surface area contributed by atoms with E-state index in [4.69, 9.17) is 0 Å². The summed E-state index contributed by atoms with van der Waals surface area (Å²) in [6, 6.07) is 3.04. The lowest BCUT2D eigenvalue weighted by Gasteiger charge is -2.13. The van der Waals surface area contributed by atoms with Gasteiger partial charge < -0.3 is 14.9 Å². The number of aliphatic hydroxyl groups excluding tert-OH is 2. The van der Waals surface area contributed by atoms with Crippen LogP contribution in [0.4, 0.5) is 0 Å². The lowest BCUT2D eigenvalue weighted by molar-refractivity contribution is -0.156. The number of ketones is 1. The van der Waals surface area contributed by atoms with Crippen molar-refractivity contribution >= 4 is 23.1 Å². The van der Waals surface area contributed by atoms with E-state index in [0.717, 1.165) is 18.4 Å². The fourth-order valence-electron chi connectivity index (χ4n) is 1.11. The number of carbonyl (C=O) groups is 2. The number of aliphatic hydroxyl groups is 2. The number of hydrogen-bond acceptors (Lipinski definition) is 6. The van der Waals surface area contributed by atoms with E-state index in [1.807, 2.05) is 0 Å². The standard InChI is InChI=1S/C10H12O5S/c1-5(11)6-3-4-7(16-6)8(12)9(13)10(14)15-2/h3-4,8-9,12-13H,1-2H3. The summed E-state index contributed by atoms with van der Waals surface area (Å²) in [5.41, 5.74) is 0. The maximum absolute atomic E-state index is 11.0. The van der Waals surface area contributed by atoms with Crippen molar-refractivity contribution in [2.24, 2.45) is 0 Å². The maximum atomic E-state index is 11.0. The second-order valence-electron chi connectivity index (χ2n) is 3.17. The Balaban J connectivity index is 2.83. The van der Waals surface area contributed by atoms with Crippen molar-refractivity contribution in [3.8, 4) is 0 Å². The van der Waals surface area contributed by atoms with Gasteiger partial charge in [-0.25, -0.2) is 4.79 Å². The number of ether oxygens (including phenoxy) is 1. The number of rotatable bonds is 4. The molecule has 0 saturated carbocycles. The van der Waals surface area contributed by atoms with E-state index in [2.05, 4.69) is 4.74 Å². The molecule has 0 aliphatic carbocycles. The number of Topliss-reactive ketones (excluding diaryl/α,β-unsaturated/α-hetero) is 1. The Kier molecular flexibility index (Phi) is 4.17. The predicted molar refractivity (Wildman–Crippen MR) is 57.3 cm³/mol. The molecule has 0 aliphatic rings. The predicted octanol–water partition coefficient (Wildman–Crippen LogP) is 0.518. The van der Waals surface area contributed by atoms with Gasteiger partial charge in [0.05, 0.1) is 12.0 Å². The molecule has 0 spiro atoms. The minimum absolute atomic E-state index is 0.129. The molecule has 1 aromatic rings. The molecule has 2 N–H and O–H groups in total. The van der Waals surface area contributed by atoms with Crippen molar-refractivity contribution in [1.29, 1.82) is 0 Å². The van der Waals surface area contributed by atoms with Gasteiger partial charge in [0.15, 0.2) is 11.9 Å². The average molecular weight is 244 g/mol. The Morgan fingerprint density at radius 1 is 1.38 bits per heavy atom. The lowest BCUT2D eigenvalue weighted by Crippen LogP contribution is -2.28. The van der Waals surface area contributed by atoms with E-state index in [1.165, 1.54) is 19.1 Å². The van der Waals surface area contributed by atoms with Crippen LogP contribution in [0.25, 0.3) is 0 Å². The van der Waals surface area contributed by atoms with E-state index in [-0.39, 0.29) is 5.78 Å². The summed E-state index contributed by atoms with van der Waals surface area (Å²) in [5, 5.41) is 19.0. The average Bonchev–Trinajstić information content (AvgIpc) is 2.75. The molecule has 1 heterocycles. The summed E-state index contributed by atoms with van der Waals surface area (Å²) in [6.07, 6.45) is -3.01. The van der Waals surface area contributed by atoms with Crippen molar-refractivity contribution < 1.29 is 24.5 Å². The van der Waals surface area contributed by atoms with Gasteiger partial charge in [0.25, 0.3) is 0 Å². The number of esters is 1. The third-order valence-corrected chi connectivity index (χ3v) is 3.26. The van der Waals surface area contributed by atoms with Gasteiger partial charge in [0, 0.05) is 4.88 Å². The molecule has 5 nitrogen and oxygen atoms in total. The van der Waals surface area contributed by atoms with Gasteiger partial charge in [-0.1, -0.05) is 0 Å². The van der Waals surface area contributed by atoms with Gasteiger partial charge in [-0.3, -0.25) is 4.79 Å². The van der Waals surface area contributed by atoms with E-state index in [1.54, 1.807) is 0 Å². The molecule has 1 rings (SSSR count). The molecule has 88 valence electrons. The monoisotopic (exact) mass is 244 g/mol. The Labute approximate surface area is 96.3 Å². The quantitative estimate of drug-likeness (QED) is 0.596. The van der Waals surface area contributed by atoms with Crippen LogP contribution >= 0.6 is 11.3 Å². The van der Waals surface area contributed by atoms with Crippen LogP contribution in [0.15, 0.2) is 12.1 Å². The van der Waals surface area contributed by atoms with Gasteiger partial charge in [-0.05, 0) is 19.1 Å². The van der Waals surface area contributed by atoms with Crippen molar-refractivity contribution in [1.82, 2.24) is 0 Å². The molecule has 1 aromatic heterocycles. The molecule has 2 atom stereocenters. The Bertz CT molecular complexity index is 398. The second kappa shape index (κ2) is 5.20. The zero-order valence-corrected chi connectivity index (χ0v) is 9.65. The molecular weight excluding hydrogens is 232 g/mol. The molecule has 2 unspecified atom stereocenters. The van der Waals surface area contributed by atoms with Gasteiger partial charge in [0.2, 0.25) is 0 Å². The van der Waals surface area contributed by atoms with Crippen LogP contribution in [-0.4, -0.2) is 35.2 Å². The van der Waals surface area contributed by atoms with Crippen LogP contribution in [0.3, 0.4) is 0 Å². The third kappa shape index (κ3) is 2.66. The van der Waals surface area contributed by atoms with Crippen molar-refractivity contribution in [3.05, 3.63) is 21.9 Å². The minimum atomic E-state index is -1.64. The first-order valence-electron chi connectivity index (χ1n) is 4.52. The van der Waals surface area contributed by atoms with E-state index in [9.17, 15) is 19.8 Å². The third-order valence-electron chi connectivity index (χ3n) is 2.01. The number of methoxy groups -OCH3 is 1. The van der Waals surface area contributed by atoms with Crippen LogP contribution < -0.4 is 0 Å². The highest BCUT2D eigenvalue weighted by atomic mass is 32.1. The largest absolute Gasteiger partial charge is 0.467 e. The van der Waals surface area contributed by atoms with Gasteiger partial charge in [0.1, 0.15) is 6.10 Å². The van der Waals surface area contributed by atoms with Gasteiger partial charge in [-0.2, -0.15) is 0 Å². The highest BCUT2D eigenvalue weighted by molar-refractivity contribution is 7.14. The van der Waals surface area contributed by atoms with E-state index >= 15 is 0 Å². The van der Waals surface area contributed by atoms with Crippen LogP contribution in [0.5, 0.6) is 0 Å². The fraction of sp³-hybridized carbons (Fsp3) is 0.400. The van der Waals surface area contributed by atoms with Crippen LogP contribution in [-0.2, 0) is 9.53 Å². The van der Waals surface area contributed by atoms with Gasteiger partial charge >= 0.3 is 5.97 Å². The molecule has 0 radical (unpaired) electrons. The Morgan fingerprint density at radius 3 is 2.44 bits per heavy atom. The zero-order valence-electron chi connectivity index (χ0n) is 8.84. The highest BCUT2D eigenvalue weighted by Crippen LogP contribution is 2.26. The number of carbonyl (C=O) groups excluding carboxylic acids is 2. The molecule has 0 saturated heterocycles. The maximum Gasteiger partial charge on any atom is 0.337 e. The molecule has 16 heavy (non-hydrogen) atoms. The van der Waals surface area contributed by atoms with Crippen molar-refractivity contribution in [2.75, 3.05) is 7.11 Å². The summed E-state index contributed by atoms with van der Waals surface area (Å²) in [7, 11) is 1.12. The Morgan fingerprint density at radius 2 is 2.00 bits per heavy atom. The number of thiophene rings is 1. The second-order valence-corrected chi connectivity index (χ2v) is 4.29. The molecule has 0 bridgehead atoms. The Hall–Kier alpha value is -1.24. The molecule has 0 amide bonds. The van der Waals surface area contributed by atoms with Crippen LogP contribution in [0.1, 0.15) is 27.6 Å². The molecular formula is C10H12O5S. The van der Waals surface area contributed by atoms with Gasteiger partial charge in [-0.15, -0.1) is 11.3 Å². The van der Waals surface area contributed by atoms with Crippen molar-refractivity contribution in [3.63, 3.8) is 0 Å². The van der Waals surface area contributed by atoms with Crippen LogP contribution in [0, 0.1) is 0 Å². The van der Waals surface area contributed by atoms with Crippen LogP contribution in [0.2, 0.25) is 0 Å². The first-order valence-corrected chi connectivity index (χ1v) is 5.33. The highest BCUT2D eigenvalue weighted by Gasteiger charge is 2.27. The van der Waals surface area contributed by atoms with E-state index in [0.29, 0.717) is 9.75 Å². The molecule has 0 aromatic carbocycles.